The molecular formula is C22H30N2O2. The van der Waals surface area contributed by atoms with Gasteiger partial charge < -0.3 is 9.84 Å². The summed E-state index contributed by atoms with van der Waals surface area (Å²) in [7, 11) is 1.98. The number of hydrogen-bond donors (Lipinski definition) is 1. The van der Waals surface area contributed by atoms with Gasteiger partial charge in [-0.15, -0.1) is 0 Å². The van der Waals surface area contributed by atoms with Crippen LogP contribution in [0.2, 0.25) is 0 Å². The van der Waals surface area contributed by atoms with E-state index in [2.05, 4.69) is 30.9 Å². The monoisotopic (exact) mass is 354 g/mol. The lowest BCUT2D eigenvalue weighted by atomic mass is 9.49. The van der Waals surface area contributed by atoms with Crippen molar-refractivity contribution in [2.45, 2.75) is 39.3 Å². The van der Waals surface area contributed by atoms with Crippen molar-refractivity contribution < 1.29 is 9.84 Å². The van der Waals surface area contributed by atoms with E-state index in [0.29, 0.717) is 43.2 Å². The van der Waals surface area contributed by atoms with E-state index < -0.39 is 6.10 Å². The molecule has 1 aromatic carbocycles. The van der Waals surface area contributed by atoms with E-state index in [0.717, 1.165) is 11.5 Å². The zero-order valence-electron chi connectivity index (χ0n) is 16.1. The van der Waals surface area contributed by atoms with Crippen LogP contribution in [0.5, 0.6) is 0 Å². The smallest absolute Gasteiger partial charge is 0.0991 e. The molecule has 0 saturated heterocycles. The van der Waals surface area contributed by atoms with E-state index in [4.69, 9.17) is 10.00 Å². The summed E-state index contributed by atoms with van der Waals surface area (Å²) in [6.45, 7) is 6.98. The Bertz CT molecular complexity index is 704. The summed E-state index contributed by atoms with van der Waals surface area (Å²) in [5, 5.41) is 19.2. The zero-order chi connectivity index (χ0) is 18.7. The first kappa shape index (κ1) is 19.1. The Morgan fingerprint density at radius 2 is 2.23 bits per heavy atom. The van der Waals surface area contributed by atoms with Crippen molar-refractivity contribution in [2.24, 2.45) is 17.3 Å². The third-order valence-electron chi connectivity index (χ3n) is 6.19. The third-order valence-corrected chi connectivity index (χ3v) is 6.19. The lowest BCUT2D eigenvalue weighted by Crippen LogP contribution is -2.48. The molecule has 4 rings (SSSR count). The molecule has 0 radical (unpaired) electrons. The summed E-state index contributed by atoms with van der Waals surface area (Å²) in [5.74, 6) is 1.50. The Hall–Kier alpha value is -1.67. The van der Waals surface area contributed by atoms with Crippen LogP contribution in [-0.4, -0.2) is 42.9 Å². The van der Waals surface area contributed by atoms with Gasteiger partial charge in [-0.1, -0.05) is 32.1 Å². The van der Waals surface area contributed by atoms with Crippen molar-refractivity contribution in [3.8, 4) is 6.07 Å². The SMILES string of the molecule is CN(Cc1cccc(C#N)c1)CC(O)COCC1=CCC2CC1C2(C)C. The van der Waals surface area contributed by atoms with Crippen LogP contribution < -0.4 is 0 Å². The molecule has 3 atom stereocenters. The molecule has 4 nitrogen and oxygen atoms in total. The van der Waals surface area contributed by atoms with Gasteiger partial charge in [-0.25, -0.2) is 0 Å². The number of nitrogens with zero attached hydrogens (tertiary/aromatic N) is 2. The van der Waals surface area contributed by atoms with Gasteiger partial charge in [-0.2, -0.15) is 5.26 Å². The highest BCUT2D eigenvalue weighted by Gasteiger charge is 2.50. The molecule has 0 aliphatic heterocycles. The molecule has 3 aliphatic rings. The van der Waals surface area contributed by atoms with Gasteiger partial charge in [0.05, 0.1) is 31.0 Å². The summed E-state index contributed by atoms with van der Waals surface area (Å²) in [6, 6.07) is 9.75. The maximum Gasteiger partial charge on any atom is 0.0991 e. The van der Waals surface area contributed by atoms with E-state index in [1.807, 2.05) is 25.2 Å². The van der Waals surface area contributed by atoms with Crippen LogP contribution in [0, 0.1) is 28.6 Å². The summed E-state index contributed by atoms with van der Waals surface area (Å²) in [6.07, 6.45) is 4.32. The quantitative estimate of drug-likeness (QED) is 0.727. The molecule has 26 heavy (non-hydrogen) atoms. The molecule has 1 aromatic rings. The summed E-state index contributed by atoms with van der Waals surface area (Å²) in [4.78, 5) is 2.06. The number of fused-ring (bicyclic) bond motifs is 1. The molecule has 0 amide bonds. The molecule has 0 aromatic heterocycles. The third kappa shape index (κ3) is 4.17. The van der Waals surface area contributed by atoms with E-state index in [1.54, 1.807) is 6.07 Å². The number of nitriles is 1. The number of benzene rings is 1. The zero-order valence-corrected chi connectivity index (χ0v) is 16.1. The molecular weight excluding hydrogens is 324 g/mol. The summed E-state index contributed by atoms with van der Waals surface area (Å²) >= 11 is 0. The maximum absolute atomic E-state index is 10.3. The van der Waals surface area contributed by atoms with Gasteiger partial charge in [0, 0.05) is 13.1 Å². The first-order chi connectivity index (χ1) is 12.4. The van der Waals surface area contributed by atoms with E-state index in [1.165, 1.54) is 18.4 Å². The van der Waals surface area contributed by atoms with Crippen molar-refractivity contribution in [1.29, 1.82) is 5.26 Å². The Kier molecular flexibility index (Phi) is 5.82. The summed E-state index contributed by atoms with van der Waals surface area (Å²) < 4.78 is 5.82. The van der Waals surface area contributed by atoms with Crippen molar-refractivity contribution >= 4 is 0 Å². The number of aliphatic hydroxyl groups excluding tert-OH is 1. The average molecular weight is 354 g/mol. The lowest BCUT2D eigenvalue weighted by molar-refractivity contribution is -0.0257. The minimum Gasteiger partial charge on any atom is -0.389 e. The fourth-order valence-corrected chi connectivity index (χ4v) is 4.48. The predicted octanol–water partition coefficient (Wildman–Crippen LogP) is 3.36. The minimum absolute atomic E-state index is 0.358. The first-order valence-corrected chi connectivity index (χ1v) is 9.52. The van der Waals surface area contributed by atoms with Crippen LogP contribution in [-0.2, 0) is 11.3 Å². The van der Waals surface area contributed by atoms with Crippen molar-refractivity contribution in [1.82, 2.24) is 4.90 Å². The second-order valence-electron chi connectivity index (χ2n) is 8.50. The number of hydrogen-bond acceptors (Lipinski definition) is 4. The molecule has 1 fully saturated rings. The van der Waals surface area contributed by atoms with Gasteiger partial charge in [0.2, 0.25) is 0 Å². The Balaban J connectivity index is 1.39. The molecule has 0 spiro atoms. The first-order valence-electron chi connectivity index (χ1n) is 9.52. The fourth-order valence-electron chi connectivity index (χ4n) is 4.48. The molecule has 3 aliphatic carbocycles. The van der Waals surface area contributed by atoms with Gasteiger partial charge >= 0.3 is 0 Å². The van der Waals surface area contributed by atoms with E-state index in [-0.39, 0.29) is 0 Å². The van der Waals surface area contributed by atoms with Crippen molar-refractivity contribution in [3.05, 3.63) is 47.0 Å². The molecule has 140 valence electrons. The molecule has 3 unspecified atom stereocenters. The Morgan fingerprint density at radius 3 is 2.92 bits per heavy atom. The van der Waals surface area contributed by atoms with Gasteiger partial charge in [0.1, 0.15) is 0 Å². The normalized spacial score (nSPS) is 24.5. The van der Waals surface area contributed by atoms with Crippen LogP contribution >= 0.6 is 0 Å². The topological polar surface area (TPSA) is 56.5 Å². The maximum atomic E-state index is 10.3. The highest BCUT2D eigenvalue weighted by Crippen LogP contribution is 2.59. The van der Waals surface area contributed by atoms with Crippen LogP contribution in [0.15, 0.2) is 35.9 Å². The molecule has 4 heteroatoms. The number of ether oxygens (including phenoxy) is 1. The van der Waals surface area contributed by atoms with Crippen LogP contribution in [0.4, 0.5) is 0 Å². The van der Waals surface area contributed by atoms with Crippen molar-refractivity contribution in [2.75, 3.05) is 26.8 Å². The van der Waals surface area contributed by atoms with Crippen molar-refractivity contribution in [3.63, 3.8) is 0 Å². The lowest BCUT2D eigenvalue weighted by Gasteiger charge is -2.56. The number of aliphatic hydroxyl groups is 1. The summed E-state index contributed by atoms with van der Waals surface area (Å²) in [5.41, 5.74) is 3.59. The Labute approximate surface area is 157 Å². The van der Waals surface area contributed by atoms with Gasteiger partial charge in [-0.05, 0) is 60.4 Å². The number of allylic oxidation sites excluding steroid dienone is 1. The number of rotatable bonds is 8. The second kappa shape index (κ2) is 7.92. The Morgan fingerprint density at radius 1 is 1.42 bits per heavy atom. The number of likely N-dealkylation sites (N-methyl/N-ethyl adjacent to an activating group) is 1. The molecule has 1 N–H and O–H groups in total. The fraction of sp³-hybridized carbons (Fsp3) is 0.591. The average Bonchev–Trinajstić information content (AvgIpc) is 2.61. The molecule has 1 saturated carbocycles. The van der Waals surface area contributed by atoms with Crippen LogP contribution in [0.1, 0.15) is 37.8 Å². The van der Waals surface area contributed by atoms with E-state index in [9.17, 15) is 5.11 Å². The highest BCUT2D eigenvalue weighted by atomic mass is 16.5. The van der Waals surface area contributed by atoms with Crippen LogP contribution in [0.25, 0.3) is 0 Å². The standard InChI is InChI=1S/C22H30N2O2/c1-22(2)19-8-7-18(21(22)10-19)14-26-15-20(25)13-24(3)12-17-6-4-5-16(9-17)11-23/h4-7,9,19-21,25H,8,10,12-15H2,1-3H3. The van der Waals surface area contributed by atoms with E-state index >= 15 is 0 Å². The van der Waals surface area contributed by atoms with Gasteiger partial charge in [0.15, 0.2) is 0 Å². The second-order valence-corrected chi connectivity index (χ2v) is 8.50. The minimum atomic E-state index is -0.509. The van der Waals surface area contributed by atoms with Gasteiger partial charge in [-0.3, -0.25) is 4.90 Å². The largest absolute Gasteiger partial charge is 0.389 e. The predicted molar refractivity (Wildman–Crippen MR) is 102 cm³/mol. The highest BCUT2D eigenvalue weighted by molar-refractivity contribution is 5.32. The van der Waals surface area contributed by atoms with Crippen LogP contribution in [0.3, 0.4) is 0 Å². The van der Waals surface area contributed by atoms with Gasteiger partial charge in [0.25, 0.3) is 0 Å². The molecule has 2 bridgehead atoms. The molecule has 0 heterocycles.